The molecule has 0 N–H and O–H groups in total. The molecule has 2 heteroatoms. The van der Waals surface area contributed by atoms with Gasteiger partial charge in [-0.15, -0.1) is 5.06 Å². The standard InChI is InChI=1S/C30H43NO/c1-7-9-10-11-24-12-14-25(15-13-24)16-17-26-18-20-27(21-19-26)28-22-29(3,4)31(32-8-2)30(5,6)23-28/h8,12-15,18-21,28H,2,7,9-11,16-17,22-23H2,1,3-6H3. The number of aryl methyl sites for hydroxylation is 3. The van der Waals surface area contributed by atoms with E-state index in [9.17, 15) is 0 Å². The summed E-state index contributed by atoms with van der Waals surface area (Å²) in [5.41, 5.74) is 5.70. The van der Waals surface area contributed by atoms with Gasteiger partial charge in [-0.2, -0.15) is 0 Å². The van der Waals surface area contributed by atoms with Crippen LogP contribution in [0.1, 0.15) is 94.9 Å². The number of piperidine rings is 1. The van der Waals surface area contributed by atoms with Crippen LogP contribution in [-0.2, 0) is 24.1 Å². The second-order valence-electron chi connectivity index (χ2n) is 10.8. The number of rotatable bonds is 10. The van der Waals surface area contributed by atoms with Crippen molar-refractivity contribution in [3.8, 4) is 0 Å². The van der Waals surface area contributed by atoms with Crippen molar-refractivity contribution in [1.29, 1.82) is 0 Å². The third-order valence-corrected chi connectivity index (χ3v) is 7.02. The van der Waals surface area contributed by atoms with Crippen molar-refractivity contribution in [2.24, 2.45) is 0 Å². The number of hydrogen-bond donors (Lipinski definition) is 0. The van der Waals surface area contributed by atoms with Crippen LogP contribution in [0.5, 0.6) is 0 Å². The summed E-state index contributed by atoms with van der Waals surface area (Å²) in [7, 11) is 0. The van der Waals surface area contributed by atoms with Crippen molar-refractivity contribution >= 4 is 0 Å². The fourth-order valence-electron chi connectivity index (χ4n) is 5.56. The van der Waals surface area contributed by atoms with Gasteiger partial charge in [0, 0.05) is 0 Å². The predicted octanol–water partition coefficient (Wildman–Crippen LogP) is 8.02. The number of unbranched alkanes of at least 4 members (excludes halogenated alkanes) is 2. The Bertz CT molecular complexity index is 829. The van der Waals surface area contributed by atoms with Gasteiger partial charge in [-0.25, -0.2) is 0 Å². The Kier molecular flexibility index (Phi) is 8.22. The Morgan fingerprint density at radius 2 is 1.28 bits per heavy atom. The van der Waals surface area contributed by atoms with Crippen molar-refractivity contribution in [2.45, 2.75) is 103 Å². The van der Waals surface area contributed by atoms with Gasteiger partial charge >= 0.3 is 0 Å². The minimum absolute atomic E-state index is 0.0397. The first kappa shape index (κ1) is 24.6. The van der Waals surface area contributed by atoms with Gasteiger partial charge in [0.15, 0.2) is 0 Å². The highest BCUT2D eigenvalue weighted by molar-refractivity contribution is 5.29. The van der Waals surface area contributed by atoms with Gasteiger partial charge in [0.25, 0.3) is 0 Å². The Hall–Kier alpha value is -2.06. The van der Waals surface area contributed by atoms with Gasteiger partial charge < -0.3 is 4.84 Å². The predicted molar refractivity (Wildman–Crippen MR) is 137 cm³/mol. The van der Waals surface area contributed by atoms with E-state index in [1.807, 2.05) is 0 Å². The van der Waals surface area contributed by atoms with Crippen molar-refractivity contribution in [3.63, 3.8) is 0 Å². The zero-order valence-electron chi connectivity index (χ0n) is 21.0. The molecule has 174 valence electrons. The van der Waals surface area contributed by atoms with Crippen LogP contribution in [0.2, 0.25) is 0 Å². The highest BCUT2D eigenvalue weighted by Crippen LogP contribution is 2.45. The Labute approximate surface area is 196 Å². The average molecular weight is 434 g/mol. The summed E-state index contributed by atoms with van der Waals surface area (Å²) in [5.74, 6) is 0.541. The molecule has 2 nitrogen and oxygen atoms in total. The van der Waals surface area contributed by atoms with E-state index in [1.54, 1.807) is 6.26 Å². The van der Waals surface area contributed by atoms with E-state index in [4.69, 9.17) is 4.84 Å². The SMILES string of the molecule is C=CON1C(C)(C)CC(c2ccc(CCc3ccc(CCCCC)cc3)cc2)CC1(C)C. The zero-order chi connectivity index (χ0) is 23.2. The molecule has 32 heavy (non-hydrogen) atoms. The molecule has 2 aromatic rings. The van der Waals surface area contributed by atoms with E-state index in [0.717, 1.165) is 25.7 Å². The summed E-state index contributed by atoms with van der Waals surface area (Å²) in [6, 6.07) is 18.7. The van der Waals surface area contributed by atoms with Crippen LogP contribution < -0.4 is 0 Å². The number of hydrogen-bond acceptors (Lipinski definition) is 2. The van der Waals surface area contributed by atoms with Gasteiger partial charge in [-0.05, 0) is 94.4 Å². The molecule has 0 atom stereocenters. The lowest BCUT2D eigenvalue weighted by atomic mass is 9.72. The van der Waals surface area contributed by atoms with Crippen LogP contribution in [0, 0.1) is 0 Å². The maximum absolute atomic E-state index is 5.82. The molecule has 0 unspecified atom stereocenters. The molecular formula is C30H43NO. The molecule has 0 bridgehead atoms. The molecule has 0 saturated carbocycles. The van der Waals surface area contributed by atoms with E-state index in [-0.39, 0.29) is 11.1 Å². The van der Waals surface area contributed by atoms with Crippen LogP contribution in [0.4, 0.5) is 0 Å². The quantitative estimate of drug-likeness (QED) is 0.278. The van der Waals surface area contributed by atoms with Crippen molar-refractivity contribution in [2.75, 3.05) is 0 Å². The molecular weight excluding hydrogens is 390 g/mol. The maximum atomic E-state index is 5.82. The molecule has 0 radical (unpaired) electrons. The lowest BCUT2D eigenvalue weighted by Gasteiger charge is -2.53. The monoisotopic (exact) mass is 433 g/mol. The van der Waals surface area contributed by atoms with Crippen molar-refractivity contribution in [1.82, 2.24) is 5.06 Å². The van der Waals surface area contributed by atoms with Gasteiger partial charge in [0.05, 0.1) is 11.1 Å². The second-order valence-corrected chi connectivity index (χ2v) is 10.8. The molecule has 1 fully saturated rings. The third-order valence-electron chi connectivity index (χ3n) is 7.02. The molecule has 1 aliphatic rings. The average Bonchev–Trinajstić information content (AvgIpc) is 2.76. The first-order valence-corrected chi connectivity index (χ1v) is 12.5. The minimum atomic E-state index is -0.0397. The van der Waals surface area contributed by atoms with Crippen LogP contribution in [0.25, 0.3) is 0 Å². The molecule has 0 amide bonds. The van der Waals surface area contributed by atoms with Crippen LogP contribution in [0.15, 0.2) is 61.4 Å². The second kappa shape index (κ2) is 10.7. The summed E-state index contributed by atoms with van der Waals surface area (Å²) < 4.78 is 0. The molecule has 2 aromatic carbocycles. The van der Waals surface area contributed by atoms with Crippen LogP contribution >= 0.6 is 0 Å². The van der Waals surface area contributed by atoms with Crippen molar-refractivity contribution in [3.05, 3.63) is 83.6 Å². The number of benzene rings is 2. The molecule has 0 aromatic heterocycles. The zero-order valence-corrected chi connectivity index (χ0v) is 21.0. The van der Waals surface area contributed by atoms with Gasteiger partial charge in [0.1, 0.15) is 6.26 Å². The Morgan fingerprint density at radius 1 is 0.812 bits per heavy atom. The number of hydroxylamine groups is 2. The molecule has 1 aliphatic heterocycles. The van der Waals surface area contributed by atoms with Crippen molar-refractivity contribution < 1.29 is 4.84 Å². The highest BCUT2D eigenvalue weighted by atomic mass is 16.7. The number of nitrogens with zero attached hydrogens (tertiary/aromatic N) is 1. The summed E-state index contributed by atoms with van der Waals surface area (Å²) in [4.78, 5) is 5.82. The summed E-state index contributed by atoms with van der Waals surface area (Å²) >= 11 is 0. The minimum Gasteiger partial charge on any atom is -0.413 e. The van der Waals surface area contributed by atoms with Crippen LogP contribution in [-0.4, -0.2) is 16.1 Å². The van der Waals surface area contributed by atoms with E-state index < -0.39 is 0 Å². The fraction of sp³-hybridized carbons (Fsp3) is 0.533. The summed E-state index contributed by atoms with van der Waals surface area (Å²) in [6.07, 6.45) is 11.0. The maximum Gasteiger partial charge on any atom is 0.104 e. The normalized spacial score (nSPS) is 18.4. The van der Waals surface area contributed by atoms with Gasteiger partial charge in [0.2, 0.25) is 0 Å². The van der Waals surface area contributed by atoms with Gasteiger partial charge in [-0.1, -0.05) is 74.9 Å². The molecule has 0 aliphatic carbocycles. The van der Waals surface area contributed by atoms with Crippen LogP contribution in [0.3, 0.4) is 0 Å². The first-order valence-electron chi connectivity index (χ1n) is 12.5. The highest BCUT2D eigenvalue weighted by Gasteiger charge is 2.47. The third kappa shape index (κ3) is 6.25. The molecule has 0 spiro atoms. The topological polar surface area (TPSA) is 12.5 Å². The lowest BCUT2D eigenvalue weighted by molar-refractivity contribution is -0.249. The smallest absolute Gasteiger partial charge is 0.104 e. The van der Waals surface area contributed by atoms with E-state index in [0.29, 0.717) is 5.92 Å². The van der Waals surface area contributed by atoms with Gasteiger partial charge in [-0.3, -0.25) is 0 Å². The van der Waals surface area contributed by atoms with E-state index in [1.165, 1.54) is 47.9 Å². The first-order chi connectivity index (χ1) is 15.2. The van der Waals surface area contributed by atoms with E-state index in [2.05, 4.69) is 94.8 Å². The Balaban J connectivity index is 1.58. The Morgan fingerprint density at radius 3 is 1.75 bits per heavy atom. The largest absolute Gasteiger partial charge is 0.413 e. The molecule has 1 saturated heterocycles. The summed E-state index contributed by atoms with van der Waals surface area (Å²) in [5, 5.41) is 2.13. The molecule has 3 rings (SSSR count). The lowest BCUT2D eigenvalue weighted by Crippen LogP contribution is -2.59. The summed E-state index contributed by atoms with van der Waals surface area (Å²) in [6.45, 7) is 15.1. The fourth-order valence-corrected chi connectivity index (χ4v) is 5.56. The van der Waals surface area contributed by atoms with E-state index >= 15 is 0 Å². The molecule has 1 heterocycles.